The molecule has 0 aromatic carbocycles. The fourth-order valence-corrected chi connectivity index (χ4v) is 3.10. The van der Waals surface area contributed by atoms with E-state index in [1.54, 1.807) is 0 Å². The summed E-state index contributed by atoms with van der Waals surface area (Å²) in [7, 11) is 0. The summed E-state index contributed by atoms with van der Waals surface area (Å²) in [5.41, 5.74) is 0. The van der Waals surface area contributed by atoms with E-state index in [9.17, 15) is 9.59 Å². The molecule has 0 aliphatic carbocycles. The van der Waals surface area contributed by atoms with Crippen LogP contribution in [0.5, 0.6) is 0 Å². The van der Waals surface area contributed by atoms with Gasteiger partial charge in [0.25, 0.3) is 0 Å². The van der Waals surface area contributed by atoms with E-state index in [1.807, 2.05) is 0 Å². The molecule has 0 bridgehead atoms. The molecule has 0 spiro atoms. The van der Waals surface area contributed by atoms with Gasteiger partial charge >= 0.3 is 12.1 Å². The number of ether oxygens (including phenoxy) is 1. The highest BCUT2D eigenvalue weighted by Gasteiger charge is 2.01. The highest BCUT2D eigenvalue weighted by atomic mass is 16.5. The molecule has 0 saturated heterocycles. The van der Waals surface area contributed by atoms with E-state index in [0.29, 0.717) is 19.6 Å². The standard InChI is InChI=1S/C22H43NO4/c1-2-3-4-5-6-11-14-17-20-27-22(26)23-19-16-13-10-8-7-9-12-15-18-21(24)25/h2-20H2,1H3,(H,23,26)(H,24,25). The molecule has 0 saturated carbocycles. The van der Waals surface area contributed by atoms with Crippen LogP contribution in [0.15, 0.2) is 0 Å². The van der Waals surface area contributed by atoms with Crippen molar-refractivity contribution in [2.24, 2.45) is 0 Å². The van der Waals surface area contributed by atoms with Crippen molar-refractivity contribution in [1.29, 1.82) is 0 Å². The lowest BCUT2D eigenvalue weighted by molar-refractivity contribution is -0.137. The number of hydrogen-bond acceptors (Lipinski definition) is 3. The molecule has 160 valence electrons. The number of alkyl carbamates (subject to hydrolysis) is 1. The molecule has 2 N–H and O–H groups in total. The third-order valence-electron chi connectivity index (χ3n) is 4.82. The number of hydrogen-bond donors (Lipinski definition) is 2. The molecule has 27 heavy (non-hydrogen) atoms. The zero-order chi connectivity index (χ0) is 20.0. The summed E-state index contributed by atoms with van der Waals surface area (Å²) in [4.78, 5) is 21.9. The number of aliphatic carboxylic acids is 1. The maximum absolute atomic E-state index is 11.6. The number of carboxylic acids is 1. The number of carboxylic acid groups (broad SMARTS) is 1. The summed E-state index contributed by atoms with van der Waals surface area (Å²) < 4.78 is 5.19. The fraction of sp³-hybridized carbons (Fsp3) is 0.909. The summed E-state index contributed by atoms with van der Waals surface area (Å²) in [6.45, 7) is 3.45. The lowest BCUT2D eigenvalue weighted by Crippen LogP contribution is -2.25. The Labute approximate surface area is 166 Å². The Balaban J connectivity index is 3.16. The molecule has 0 unspecified atom stereocenters. The highest BCUT2D eigenvalue weighted by molar-refractivity contribution is 5.67. The molecular weight excluding hydrogens is 342 g/mol. The van der Waals surface area contributed by atoms with Gasteiger partial charge in [-0.3, -0.25) is 4.79 Å². The maximum Gasteiger partial charge on any atom is 0.407 e. The highest BCUT2D eigenvalue weighted by Crippen LogP contribution is 2.10. The largest absolute Gasteiger partial charge is 0.481 e. The molecule has 1 amide bonds. The second kappa shape index (κ2) is 21.0. The normalized spacial score (nSPS) is 10.7. The summed E-state index contributed by atoms with van der Waals surface area (Å²) in [6, 6.07) is 0. The molecule has 0 aromatic rings. The van der Waals surface area contributed by atoms with Crippen molar-refractivity contribution in [3.05, 3.63) is 0 Å². The van der Waals surface area contributed by atoms with Gasteiger partial charge in [-0.05, 0) is 19.3 Å². The van der Waals surface area contributed by atoms with Crippen LogP contribution >= 0.6 is 0 Å². The molecule has 0 atom stereocenters. The SMILES string of the molecule is CCCCCCCCCCOC(=O)NCCCCCCCCCCC(=O)O. The van der Waals surface area contributed by atoms with Crippen molar-refractivity contribution >= 4 is 12.1 Å². The summed E-state index contributed by atoms with van der Waals surface area (Å²) >= 11 is 0. The average molecular weight is 386 g/mol. The summed E-state index contributed by atoms with van der Waals surface area (Å²) in [5.74, 6) is -0.696. The minimum absolute atomic E-state index is 0.281. The molecule has 0 fully saturated rings. The minimum atomic E-state index is -0.696. The number of carbonyl (C=O) groups excluding carboxylic acids is 1. The van der Waals surface area contributed by atoms with Crippen LogP contribution in [0.4, 0.5) is 4.79 Å². The average Bonchev–Trinajstić information content (AvgIpc) is 2.64. The molecule has 0 aliphatic rings. The monoisotopic (exact) mass is 385 g/mol. The third kappa shape index (κ3) is 22.7. The Bertz CT molecular complexity index is 347. The topological polar surface area (TPSA) is 75.6 Å². The Hall–Kier alpha value is -1.26. The molecule has 0 heterocycles. The van der Waals surface area contributed by atoms with Crippen molar-refractivity contribution in [1.82, 2.24) is 5.32 Å². The van der Waals surface area contributed by atoms with Crippen LogP contribution in [0.2, 0.25) is 0 Å². The Kier molecular flexibility index (Phi) is 20.1. The van der Waals surface area contributed by atoms with Gasteiger partial charge in [0.2, 0.25) is 0 Å². The van der Waals surface area contributed by atoms with Crippen LogP contribution in [-0.2, 0) is 9.53 Å². The minimum Gasteiger partial charge on any atom is -0.481 e. The number of rotatable bonds is 20. The Morgan fingerprint density at radius 1 is 0.704 bits per heavy atom. The number of nitrogens with one attached hydrogen (secondary N) is 1. The zero-order valence-electron chi connectivity index (χ0n) is 17.6. The van der Waals surface area contributed by atoms with E-state index in [0.717, 1.165) is 44.9 Å². The van der Waals surface area contributed by atoms with Gasteiger partial charge in [-0.25, -0.2) is 4.79 Å². The van der Waals surface area contributed by atoms with Gasteiger partial charge in [-0.2, -0.15) is 0 Å². The van der Waals surface area contributed by atoms with Gasteiger partial charge in [-0.15, -0.1) is 0 Å². The quantitative estimate of drug-likeness (QED) is 0.236. The second-order valence-corrected chi connectivity index (χ2v) is 7.51. The number of amides is 1. The Morgan fingerprint density at radius 2 is 1.19 bits per heavy atom. The predicted octanol–water partition coefficient (Wildman–Crippen LogP) is 6.45. The van der Waals surface area contributed by atoms with Crippen LogP contribution in [0.3, 0.4) is 0 Å². The van der Waals surface area contributed by atoms with Crippen LogP contribution in [0.25, 0.3) is 0 Å². The first-order valence-corrected chi connectivity index (χ1v) is 11.3. The smallest absolute Gasteiger partial charge is 0.407 e. The zero-order valence-corrected chi connectivity index (χ0v) is 17.6. The van der Waals surface area contributed by atoms with Crippen molar-refractivity contribution in [2.45, 2.75) is 116 Å². The maximum atomic E-state index is 11.6. The van der Waals surface area contributed by atoms with Gasteiger partial charge in [0.05, 0.1) is 6.61 Å². The molecule has 0 aliphatic heterocycles. The van der Waals surface area contributed by atoms with Gasteiger partial charge in [0, 0.05) is 13.0 Å². The van der Waals surface area contributed by atoms with Crippen LogP contribution in [0, 0.1) is 0 Å². The molecular formula is C22H43NO4. The summed E-state index contributed by atoms with van der Waals surface area (Å²) in [5, 5.41) is 11.4. The van der Waals surface area contributed by atoms with E-state index < -0.39 is 5.97 Å². The fourth-order valence-electron chi connectivity index (χ4n) is 3.10. The number of carbonyl (C=O) groups is 2. The molecule has 5 nitrogen and oxygen atoms in total. The van der Waals surface area contributed by atoms with Gasteiger partial charge < -0.3 is 15.2 Å². The first-order chi connectivity index (χ1) is 13.2. The van der Waals surface area contributed by atoms with E-state index in [4.69, 9.17) is 9.84 Å². The lowest BCUT2D eigenvalue weighted by atomic mass is 10.1. The van der Waals surface area contributed by atoms with E-state index in [2.05, 4.69) is 12.2 Å². The van der Waals surface area contributed by atoms with Crippen molar-refractivity contribution in [3.8, 4) is 0 Å². The van der Waals surface area contributed by atoms with Crippen molar-refractivity contribution in [3.63, 3.8) is 0 Å². The van der Waals surface area contributed by atoms with Crippen LogP contribution in [-0.4, -0.2) is 30.3 Å². The van der Waals surface area contributed by atoms with Crippen molar-refractivity contribution < 1.29 is 19.4 Å². The van der Waals surface area contributed by atoms with E-state index >= 15 is 0 Å². The number of unbranched alkanes of at least 4 members (excludes halogenated alkanes) is 14. The predicted molar refractivity (Wildman–Crippen MR) is 111 cm³/mol. The van der Waals surface area contributed by atoms with Gasteiger partial charge in [0.15, 0.2) is 0 Å². The molecule has 5 heteroatoms. The first-order valence-electron chi connectivity index (χ1n) is 11.3. The second-order valence-electron chi connectivity index (χ2n) is 7.51. The third-order valence-corrected chi connectivity index (χ3v) is 4.82. The molecule has 0 aromatic heterocycles. The van der Waals surface area contributed by atoms with Crippen LogP contribution in [0.1, 0.15) is 116 Å². The van der Waals surface area contributed by atoms with Gasteiger partial charge in [0.1, 0.15) is 0 Å². The molecule has 0 rings (SSSR count). The molecule has 0 radical (unpaired) electrons. The van der Waals surface area contributed by atoms with E-state index in [1.165, 1.54) is 57.8 Å². The van der Waals surface area contributed by atoms with Gasteiger partial charge in [-0.1, -0.05) is 90.4 Å². The first kappa shape index (κ1) is 25.7. The van der Waals surface area contributed by atoms with Crippen LogP contribution < -0.4 is 5.32 Å². The Morgan fingerprint density at radius 3 is 1.74 bits per heavy atom. The van der Waals surface area contributed by atoms with Crippen molar-refractivity contribution in [2.75, 3.05) is 13.2 Å². The van der Waals surface area contributed by atoms with E-state index in [-0.39, 0.29) is 6.09 Å². The lowest BCUT2D eigenvalue weighted by Gasteiger charge is -2.07. The summed E-state index contributed by atoms with van der Waals surface area (Å²) in [6.07, 6.45) is 18.6.